The van der Waals surface area contributed by atoms with E-state index in [1.807, 2.05) is 16.3 Å². The van der Waals surface area contributed by atoms with E-state index in [0.717, 1.165) is 23.7 Å². The lowest BCUT2D eigenvalue weighted by Crippen LogP contribution is -2.01. The molecule has 0 saturated carbocycles. The van der Waals surface area contributed by atoms with Gasteiger partial charge in [-0.15, -0.1) is 11.3 Å². The van der Waals surface area contributed by atoms with Gasteiger partial charge in [0.1, 0.15) is 10.7 Å². The third-order valence-corrected chi connectivity index (χ3v) is 3.14. The van der Waals surface area contributed by atoms with Crippen molar-refractivity contribution < 1.29 is 0 Å². The first-order chi connectivity index (χ1) is 7.66. The molecule has 0 saturated heterocycles. The van der Waals surface area contributed by atoms with E-state index >= 15 is 0 Å². The highest BCUT2D eigenvalue weighted by atomic mass is 32.1. The minimum absolute atomic E-state index is 0.675. The first kappa shape index (κ1) is 11.1. The lowest BCUT2D eigenvalue weighted by atomic mass is 10.1. The molecule has 2 rings (SSSR count). The van der Waals surface area contributed by atoms with Gasteiger partial charge in [0.05, 0.1) is 5.69 Å². The summed E-state index contributed by atoms with van der Waals surface area (Å²) in [5.74, 6) is 0.675. The molecule has 0 amide bonds. The summed E-state index contributed by atoms with van der Waals surface area (Å²) in [6, 6.07) is 0. The van der Waals surface area contributed by atoms with Crippen LogP contribution in [0.5, 0.6) is 0 Å². The molecule has 2 heterocycles. The molecule has 5 heteroatoms. The highest BCUT2D eigenvalue weighted by Crippen LogP contribution is 2.25. The van der Waals surface area contributed by atoms with E-state index in [9.17, 15) is 0 Å². The zero-order chi connectivity index (χ0) is 11.5. The van der Waals surface area contributed by atoms with Crippen molar-refractivity contribution in [1.82, 2.24) is 14.8 Å². The maximum atomic E-state index is 5.92. The average molecular weight is 236 g/mol. The summed E-state index contributed by atoms with van der Waals surface area (Å²) in [5, 5.41) is 7.29. The fourth-order valence-electron chi connectivity index (χ4n) is 1.45. The Labute approximate surface area is 99.1 Å². The number of hydrogen-bond acceptors (Lipinski definition) is 4. The first-order valence-electron chi connectivity index (χ1n) is 5.39. The third kappa shape index (κ3) is 2.41. The van der Waals surface area contributed by atoms with Gasteiger partial charge >= 0.3 is 0 Å². The number of nitrogens with zero attached hydrogens (tertiary/aromatic N) is 3. The van der Waals surface area contributed by atoms with Crippen molar-refractivity contribution in [3.63, 3.8) is 0 Å². The minimum Gasteiger partial charge on any atom is -0.396 e. The Morgan fingerprint density at radius 1 is 1.50 bits per heavy atom. The molecular formula is C11H16N4S. The molecule has 0 aliphatic heterocycles. The van der Waals surface area contributed by atoms with E-state index in [1.165, 1.54) is 0 Å². The van der Waals surface area contributed by atoms with Crippen LogP contribution in [-0.4, -0.2) is 14.8 Å². The van der Waals surface area contributed by atoms with Crippen LogP contribution in [0.1, 0.15) is 20.3 Å². The molecule has 2 N–H and O–H groups in total. The molecule has 0 unspecified atom stereocenters. The predicted octanol–water partition coefficient (Wildman–Crippen LogP) is 2.63. The van der Waals surface area contributed by atoms with Gasteiger partial charge in [0.2, 0.25) is 0 Å². The topological polar surface area (TPSA) is 56.7 Å². The molecule has 16 heavy (non-hydrogen) atoms. The van der Waals surface area contributed by atoms with Crippen LogP contribution in [0.4, 0.5) is 5.69 Å². The quantitative estimate of drug-likeness (QED) is 0.887. The maximum Gasteiger partial charge on any atom is 0.145 e. The van der Waals surface area contributed by atoms with Crippen molar-refractivity contribution in [2.24, 2.45) is 5.92 Å². The Morgan fingerprint density at radius 2 is 2.31 bits per heavy atom. The van der Waals surface area contributed by atoms with Crippen LogP contribution >= 0.6 is 11.3 Å². The normalized spacial score (nSPS) is 11.2. The van der Waals surface area contributed by atoms with E-state index in [4.69, 9.17) is 5.73 Å². The second-order valence-electron chi connectivity index (χ2n) is 4.22. The lowest BCUT2D eigenvalue weighted by molar-refractivity contribution is 0.488. The summed E-state index contributed by atoms with van der Waals surface area (Å²) in [6.45, 7) is 5.32. The molecule has 86 valence electrons. The Balaban J connectivity index is 2.16. The predicted molar refractivity (Wildman–Crippen MR) is 67.2 cm³/mol. The van der Waals surface area contributed by atoms with E-state index < -0.39 is 0 Å². The largest absolute Gasteiger partial charge is 0.396 e. The van der Waals surface area contributed by atoms with Crippen molar-refractivity contribution in [1.29, 1.82) is 0 Å². The minimum atomic E-state index is 0.675. The molecular weight excluding hydrogens is 220 g/mol. The van der Waals surface area contributed by atoms with Gasteiger partial charge in [0.15, 0.2) is 0 Å². The molecule has 0 radical (unpaired) electrons. The molecule has 0 aromatic carbocycles. The Hall–Kier alpha value is -1.36. The van der Waals surface area contributed by atoms with Gasteiger partial charge in [-0.05, 0) is 12.3 Å². The molecule has 0 aliphatic rings. The number of aryl methyl sites for hydroxylation is 1. The highest BCUT2D eigenvalue weighted by molar-refractivity contribution is 7.13. The number of aromatic nitrogens is 3. The number of nitrogen functional groups attached to an aromatic ring is 1. The van der Waals surface area contributed by atoms with E-state index in [2.05, 4.69) is 23.9 Å². The molecule has 0 spiro atoms. The van der Waals surface area contributed by atoms with Gasteiger partial charge in [-0.25, -0.2) is 4.98 Å². The van der Waals surface area contributed by atoms with Gasteiger partial charge in [0.25, 0.3) is 0 Å². The maximum absolute atomic E-state index is 5.92. The summed E-state index contributed by atoms with van der Waals surface area (Å²) in [6.07, 6.45) is 4.77. The number of thiazole rings is 1. The fraction of sp³-hybridized carbons (Fsp3) is 0.455. The van der Waals surface area contributed by atoms with E-state index in [-0.39, 0.29) is 0 Å². The van der Waals surface area contributed by atoms with Gasteiger partial charge in [-0.2, -0.15) is 5.10 Å². The first-order valence-corrected chi connectivity index (χ1v) is 6.27. The second kappa shape index (κ2) is 4.65. The molecule has 0 fully saturated rings. The number of hydrogen-bond donors (Lipinski definition) is 1. The standard InChI is InChI=1S/C11H16N4S/c1-8(2)3-5-15-7-9(12)10(14-15)11-13-4-6-16-11/h4,6-8H,3,5,12H2,1-2H3. The molecule has 2 aromatic rings. The Bertz CT molecular complexity index is 445. The molecule has 4 nitrogen and oxygen atoms in total. The number of rotatable bonds is 4. The van der Waals surface area contributed by atoms with Crippen LogP contribution in [0.25, 0.3) is 10.7 Å². The van der Waals surface area contributed by atoms with Crippen LogP contribution in [0.3, 0.4) is 0 Å². The van der Waals surface area contributed by atoms with Crippen LogP contribution in [0.2, 0.25) is 0 Å². The van der Waals surface area contributed by atoms with Gasteiger partial charge in [0, 0.05) is 24.3 Å². The average Bonchev–Trinajstić information content (AvgIpc) is 2.83. The molecule has 2 aromatic heterocycles. The summed E-state index contributed by atoms with van der Waals surface area (Å²) in [5.41, 5.74) is 7.43. The molecule has 0 aliphatic carbocycles. The molecule has 0 bridgehead atoms. The zero-order valence-corrected chi connectivity index (χ0v) is 10.4. The Morgan fingerprint density at radius 3 is 2.94 bits per heavy atom. The van der Waals surface area contributed by atoms with Crippen molar-refractivity contribution in [2.45, 2.75) is 26.8 Å². The highest BCUT2D eigenvalue weighted by Gasteiger charge is 2.10. The smallest absolute Gasteiger partial charge is 0.145 e. The van der Waals surface area contributed by atoms with Crippen LogP contribution < -0.4 is 5.73 Å². The van der Waals surface area contributed by atoms with Gasteiger partial charge in [-0.3, -0.25) is 4.68 Å². The van der Waals surface area contributed by atoms with E-state index in [0.29, 0.717) is 11.6 Å². The Kier molecular flexibility index (Phi) is 3.24. The van der Waals surface area contributed by atoms with Crippen molar-refractivity contribution in [3.05, 3.63) is 17.8 Å². The van der Waals surface area contributed by atoms with Gasteiger partial charge < -0.3 is 5.73 Å². The van der Waals surface area contributed by atoms with Crippen LogP contribution in [0.15, 0.2) is 17.8 Å². The van der Waals surface area contributed by atoms with Crippen LogP contribution in [0, 0.1) is 5.92 Å². The number of anilines is 1. The second-order valence-corrected chi connectivity index (χ2v) is 5.11. The van der Waals surface area contributed by atoms with Crippen molar-refractivity contribution >= 4 is 17.0 Å². The SMILES string of the molecule is CC(C)CCn1cc(N)c(-c2nccs2)n1. The third-order valence-electron chi connectivity index (χ3n) is 2.36. The van der Waals surface area contributed by atoms with Crippen LogP contribution in [-0.2, 0) is 6.54 Å². The van der Waals surface area contributed by atoms with Crippen molar-refractivity contribution in [2.75, 3.05) is 5.73 Å². The lowest BCUT2D eigenvalue weighted by Gasteiger charge is -2.03. The summed E-state index contributed by atoms with van der Waals surface area (Å²) in [7, 11) is 0. The van der Waals surface area contributed by atoms with Crippen molar-refractivity contribution in [3.8, 4) is 10.7 Å². The summed E-state index contributed by atoms with van der Waals surface area (Å²) >= 11 is 1.56. The molecule has 0 atom stereocenters. The fourth-order valence-corrected chi connectivity index (χ4v) is 2.09. The summed E-state index contributed by atoms with van der Waals surface area (Å²) < 4.78 is 1.91. The van der Waals surface area contributed by atoms with E-state index in [1.54, 1.807) is 17.5 Å². The van der Waals surface area contributed by atoms with Gasteiger partial charge in [-0.1, -0.05) is 13.8 Å². The zero-order valence-electron chi connectivity index (χ0n) is 9.55. The monoisotopic (exact) mass is 236 g/mol. The summed E-state index contributed by atoms with van der Waals surface area (Å²) in [4.78, 5) is 4.22. The number of nitrogens with two attached hydrogens (primary N) is 1.